The fourth-order valence-electron chi connectivity index (χ4n) is 1.55. The highest BCUT2D eigenvalue weighted by Gasteiger charge is 2.20. The van der Waals surface area contributed by atoms with Gasteiger partial charge < -0.3 is 4.74 Å². The monoisotopic (exact) mass is 341 g/mol. The van der Waals surface area contributed by atoms with E-state index in [-0.39, 0.29) is 24.4 Å². The summed E-state index contributed by atoms with van der Waals surface area (Å²) >= 11 is 5.83. The number of hydrogen-bond acceptors (Lipinski definition) is 6. The number of nitro benzene ring substituents is 1. The van der Waals surface area contributed by atoms with Crippen molar-refractivity contribution in [3.05, 3.63) is 39.9 Å². The molecular formula is C14H16ClN3O5. The van der Waals surface area contributed by atoms with Crippen molar-refractivity contribution in [3.8, 4) is 0 Å². The van der Waals surface area contributed by atoms with Crippen LogP contribution in [0.4, 0.5) is 5.69 Å². The fraction of sp³-hybridized carbons (Fsp3) is 0.357. The molecule has 1 aromatic rings. The molecular weight excluding hydrogens is 326 g/mol. The van der Waals surface area contributed by atoms with Crippen LogP contribution in [-0.4, -0.2) is 34.5 Å². The predicted molar refractivity (Wildman–Crippen MR) is 84.3 cm³/mol. The van der Waals surface area contributed by atoms with Crippen LogP contribution in [0, 0.1) is 10.1 Å². The second kappa shape index (κ2) is 8.84. The van der Waals surface area contributed by atoms with Gasteiger partial charge in [0.25, 0.3) is 5.69 Å². The number of carbonyl (C=O) groups excluding carboxylic acids is 2. The molecule has 0 aromatic heterocycles. The second-order valence-corrected chi connectivity index (χ2v) is 4.94. The van der Waals surface area contributed by atoms with Gasteiger partial charge in [0, 0.05) is 12.1 Å². The van der Waals surface area contributed by atoms with Crippen LogP contribution in [0.3, 0.4) is 0 Å². The highest BCUT2D eigenvalue weighted by atomic mass is 35.5. The van der Waals surface area contributed by atoms with E-state index in [4.69, 9.17) is 16.3 Å². The summed E-state index contributed by atoms with van der Waals surface area (Å²) in [4.78, 5) is 33.2. The normalized spacial score (nSPS) is 12.4. The summed E-state index contributed by atoms with van der Waals surface area (Å²) < 4.78 is 4.74. The van der Waals surface area contributed by atoms with Gasteiger partial charge in [-0.25, -0.2) is 5.43 Å². The Morgan fingerprint density at radius 1 is 1.39 bits per heavy atom. The molecule has 9 heteroatoms. The first kappa shape index (κ1) is 18.6. The van der Waals surface area contributed by atoms with Crippen molar-refractivity contribution in [1.29, 1.82) is 0 Å². The van der Waals surface area contributed by atoms with Crippen molar-refractivity contribution in [3.63, 3.8) is 0 Å². The number of rotatable bonds is 7. The first-order valence-corrected chi connectivity index (χ1v) is 7.15. The zero-order valence-corrected chi connectivity index (χ0v) is 13.4. The number of nitro groups is 1. The van der Waals surface area contributed by atoms with Gasteiger partial charge in [-0.2, -0.15) is 5.10 Å². The van der Waals surface area contributed by atoms with Crippen LogP contribution in [0.2, 0.25) is 0 Å². The highest BCUT2D eigenvalue weighted by molar-refractivity contribution is 6.41. The third-order valence-electron chi connectivity index (χ3n) is 2.73. The number of hydrogen-bond donors (Lipinski definition) is 1. The Bertz CT molecular complexity index is 615. The Morgan fingerprint density at radius 3 is 2.52 bits per heavy atom. The van der Waals surface area contributed by atoms with Crippen molar-refractivity contribution in [2.75, 3.05) is 6.61 Å². The molecule has 124 valence electrons. The van der Waals surface area contributed by atoms with Crippen LogP contribution in [0.15, 0.2) is 29.4 Å². The summed E-state index contributed by atoms with van der Waals surface area (Å²) in [5, 5.41) is 13.2. The van der Waals surface area contributed by atoms with Crippen molar-refractivity contribution in [2.45, 2.75) is 25.6 Å². The zero-order valence-electron chi connectivity index (χ0n) is 12.6. The molecule has 1 aromatic carbocycles. The Kier molecular flexibility index (Phi) is 7.14. The molecule has 0 aliphatic heterocycles. The quantitative estimate of drug-likeness (QED) is 0.267. The molecule has 0 fully saturated rings. The number of nitrogens with one attached hydrogen (secondary N) is 1. The molecule has 0 aliphatic rings. The number of carbonyl (C=O) groups is 2. The van der Waals surface area contributed by atoms with Gasteiger partial charge in [0.2, 0.25) is 5.91 Å². The molecule has 0 heterocycles. The molecule has 23 heavy (non-hydrogen) atoms. The first-order valence-electron chi connectivity index (χ1n) is 6.72. The lowest BCUT2D eigenvalue weighted by Crippen LogP contribution is -2.28. The molecule has 0 aliphatic carbocycles. The molecule has 1 unspecified atom stereocenters. The summed E-state index contributed by atoms with van der Waals surface area (Å²) in [5.74, 6) is -1.08. The van der Waals surface area contributed by atoms with E-state index in [1.165, 1.54) is 31.2 Å². The largest absolute Gasteiger partial charge is 0.465 e. The molecule has 1 N–H and O–H groups in total. The van der Waals surface area contributed by atoms with E-state index >= 15 is 0 Å². The van der Waals surface area contributed by atoms with E-state index in [1.54, 1.807) is 6.92 Å². The van der Waals surface area contributed by atoms with E-state index < -0.39 is 22.2 Å². The van der Waals surface area contributed by atoms with Gasteiger partial charge >= 0.3 is 5.97 Å². The number of halogens is 1. The average Bonchev–Trinajstić information content (AvgIpc) is 2.52. The molecule has 8 nitrogen and oxygen atoms in total. The van der Waals surface area contributed by atoms with Crippen molar-refractivity contribution < 1.29 is 19.2 Å². The summed E-state index contributed by atoms with van der Waals surface area (Å²) in [7, 11) is 0. The van der Waals surface area contributed by atoms with Gasteiger partial charge in [0.15, 0.2) is 5.38 Å². The predicted octanol–water partition coefficient (Wildman–Crippen LogP) is 1.80. The molecule has 0 saturated carbocycles. The molecule has 1 rings (SSSR count). The van der Waals surface area contributed by atoms with Crippen LogP contribution in [0.1, 0.15) is 19.4 Å². The fourth-order valence-corrected chi connectivity index (χ4v) is 1.67. The number of alkyl halides is 1. The number of esters is 1. The number of nitrogens with zero attached hydrogens (tertiary/aromatic N) is 2. The Hall–Kier alpha value is -2.48. The molecule has 0 radical (unpaired) electrons. The standard InChI is InChI=1S/C14H16ClN3O5/c1-3-23-14(20)13(15)9(2)16-17-12(19)8-10-4-6-11(7-5-10)18(21)22/h4-7,13H,3,8H2,1-2H3,(H,17,19)/b16-9+. The summed E-state index contributed by atoms with van der Waals surface area (Å²) in [6.45, 7) is 3.34. The number of amides is 1. The number of benzene rings is 1. The maximum Gasteiger partial charge on any atom is 0.329 e. The molecule has 1 amide bonds. The second-order valence-electron chi connectivity index (χ2n) is 4.50. The smallest absolute Gasteiger partial charge is 0.329 e. The van der Waals surface area contributed by atoms with Crippen LogP contribution < -0.4 is 5.43 Å². The minimum absolute atomic E-state index is 0.0128. The highest BCUT2D eigenvalue weighted by Crippen LogP contribution is 2.12. The summed E-state index contributed by atoms with van der Waals surface area (Å²) in [6.07, 6.45) is -0.0128. The van der Waals surface area contributed by atoms with Crippen LogP contribution in [0.25, 0.3) is 0 Å². The molecule has 1 atom stereocenters. The maximum atomic E-state index is 11.7. The third-order valence-corrected chi connectivity index (χ3v) is 3.22. The number of ether oxygens (including phenoxy) is 1. The molecule has 0 bridgehead atoms. The van der Waals surface area contributed by atoms with E-state index in [0.717, 1.165) is 0 Å². The SMILES string of the molecule is CCOC(=O)C(Cl)/C(C)=N/NC(=O)Cc1ccc([N+](=O)[O-])cc1. The van der Waals surface area contributed by atoms with Gasteiger partial charge in [-0.15, -0.1) is 11.6 Å². The van der Waals surface area contributed by atoms with E-state index in [2.05, 4.69) is 10.5 Å². The van der Waals surface area contributed by atoms with Gasteiger partial charge in [-0.05, 0) is 19.4 Å². The number of non-ortho nitro benzene ring substituents is 1. The first-order chi connectivity index (χ1) is 10.8. The Morgan fingerprint density at radius 2 is 2.00 bits per heavy atom. The molecule has 0 spiro atoms. The molecule has 0 saturated heterocycles. The van der Waals surface area contributed by atoms with Crippen molar-refractivity contribution in [2.24, 2.45) is 5.10 Å². The number of hydrazone groups is 1. The van der Waals surface area contributed by atoms with Gasteiger partial charge in [-0.1, -0.05) is 12.1 Å². The van der Waals surface area contributed by atoms with E-state index in [0.29, 0.717) is 5.56 Å². The Labute approximate surface area is 137 Å². The van der Waals surface area contributed by atoms with Crippen LogP contribution >= 0.6 is 11.6 Å². The zero-order chi connectivity index (χ0) is 17.4. The van der Waals surface area contributed by atoms with Gasteiger partial charge in [0.1, 0.15) is 0 Å². The van der Waals surface area contributed by atoms with Crippen molar-refractivity contribution in [1.82, 2.24) is 5.43 Å². The lowest BCUT2D eigenvalue weighted by molar-refractivity contribution is -0.384. The van der Waals surface area contributed by atoms with Crippen LogP contribution in [0.5, 0.6) is 0 Å². The third kappa shape index (κ3) is 6.03. The van der Waals surface area contributed by atoms with Crippen molar-refractivity contribution >= 4 is 34.9 Å². The minimum Gasteiger partial charge on any atom is -0.465 e. The lowest BCUT2D eigenvalue weighted by atomic mass is 10.1. The van der Waals surface area contributed by atoms with Gasteiger partial charge in [0.05, 0.1) is 23.7 Å². The maximum absolute atomic E-state index is 11.7. The van der Waals surface area contributed by atoms with Gasteiger partial charge in [-0.3, -0.25) is 19.7 Å². The minimum atomic E-state index is -1.07. The average molecular weight is 342 g/mol. The van der Waals surface area contributed by atoms with Crippen LogP contribution in [-0.2, 0) is 20.7 Å². The topological polar surface area (TPSA) is 111 Å². The Balaban J connectivity index is 2.57. The lowest BCUT2D eigenvalue weighted by Gasteiger charge is -2.08. The summed E-state index contributed by atoms with van der Waals surface area (Å²) in [5.41, 5.74) is 3.00. The summed E-state index contributed by atoms with van der Waals surface area (Å²) in [6, 6.07) is 5.59. The van der Waals surface area contributed by atoms with E-state index in [9.17, 15) is 19.7 Å². The van der Waals surface area contributed by atoms with E-state index in [1.807, 2.05) is 0 Å².